The molecule has 0 atom stereocenters. The Morgan fingerprint density at radius 3 is 2.21 bits per heavy atom. The summed E-state index contributed by atoms with van der Waals surface area (Å²) >= 11 is 0. The van der Waals surface area contributed by atoms with E-state index in [1.54, 1.807) is 30.0 Å². The summed E-state index contributed by atoms with van der Waals surface area (Å²) in [5, 5.41) is 0. The molecule has 0 spiro atoms. The van der Waals surface area contributed by atoms with E-state index >= 15 is 0 Å². The van der Waals surface area contributed by atoms with Crippen LogP contribution in [-0.2, 0) is 19.1 Å². The number of hydrogen-bond donors (Lipinski definition) is 0. The van der Waals surface area contributed by atoms with Crippen LogP contribution in [0.3, 0.4) is 0 Å². The Morgan fingerprint density at radius 2 is 1.59 bits per heavy atom. The van der Waals surface area contributed by atoms with E-state index in [1.807, 2.05) is 13.8 Å². The summed E-state index contributed by atoms with van der Waals surface area (Å²) in [5.74, 6) is -0.281. The van der Waals surface area contributed by atoms with Gasteiger partial charge in [0.2, 0.25) is 0 Å². The standard InChI is InChI=1S/C21H29NO7/c1-4-26-17-8-7-16(13-18(17)27-5-2)21(25)29-14-19(23)22-11-9-15(10-12-22)20(24)28-6-3/h7-8,13,15H,4-6,9-12,14H2,1-3H3. The van der Waals surface area contributed by atoms with Crippen LogP contribution in [0, 0.1) is 5.92 Å². The summed E-state index contributed by atoms with van der Waals surface area (Å²) in [6, 6.07) is 4.77. The maximum Gasteiger partial charge on any atom is 0.338 e. The average molecular weight is 407 g/mol. The highest BCUT2D eigenvalue weighted by molar-refractivity contribution is 5.92. The molecule has 1 heterocycles. The van der Waals surface area contributed by atoms with Gasteiger partial charge >= 0.3 is 11.9 Å². The summed E-state index contributed by atoms with van der Waals surface area (Å²) in [7, 11) is 0. The average Bonchev–Trinajstić information content (AvgIpc) is 2.73. The molecule has 1 saturated heterocycles. The van der Waals surface area contributed by atoms with Crippen LogP contribution in [0.1, 0.15) is 44.0 Å². The molecule has 0 aliphatic carbocycles. The van der Waals surface area contributed by atoms with Gasteiger partial charge in [-0.15, -0.1) is 0 Å². The van der Waals surface area contributed by atoms with Crippen molar-refractivity contribution in [1.29, 1.82) is 0 Å². The zero-order valence-corrected chi connectivity index (χ0v) is 17.3. The Labute approximate surface area is 171 Å². The molecule has 0 unspecified atom stereocenters. The fraction of sp³-hybridized carbons (Fsp3) is 0.571. The van der Waals surface area contributed by atoms with Crippen LogP contribution < -0.4 is 9.47 Å². The van der Waals surface area contributed by atoms with E-state index in [0.29, 0.717) is 57.3 Å². The summed E-state index contributed by atoms with van der Waals surface area (Å²) in [6.07, 6.45) is 1.10. The molecule has 1 aliphatic rings. The smallest absolute Gasteiger partial charge is 0.338 e. The minimum Gasteiger partial charge on any atom is -0.490 e. The predicted octanol–water partition coefficient (Wildman–Crippen LogP) is 2.44. The van der Waals surface area contributed by atoms with Crippen molar-refractivity contribution >= 4 is 17.8 Å². The number of nitrogens with zero attached hydrogens (tertiary/aromatic N) is 1. The molecule has 0 bridgehead atoms. The van der Waals surface area contributed by atoms with Crippen LogP contribution in [-0.4, -0.2) is 62.3 Å². The second-order valence-corrected chi connectivity index (χ2v) is 6.51. The number of esters is 2. The van der Waals surface area contributed by atoms with Crippen LogP contribution in [0.25, 0.3) is 0 Å². The number of likely N-dealkylation sites (tertiary alicyclic amines) is 1. The van der Waals surface area contributed by atoms with Crippen molar-refractivity contribution in [1.82, 2.24) is 4.90 Å². The molecule has 1 amide bonds. The number of carbonyl (C=O) groups is 3. The van der Waals surface area contributed by atoms with Crippen LogP contribution >= 0.6 is 0 Å². The van der Waals surface area contributed by atoms with Gasteiger partial charge in [0, 0.05) is 13.1 Å². The van der Waals surface area contributed by atoms with Gasteiger partial charge < -0.3 is 23.8 Å². The van der Waals surface area contributed by atoms with Crippen molar-refractivity contribution in [2.24, 2.45) is 5.92 Å². The number of amides is 1. The molecule has 160 valence electrons. The second-order valence-electron chi connectivity index (χ2n) is 6.51. The van der Waals surface area contributed by atoms with E-state index in [9.17, 15) is 14.4 Å². The van der Waals surface area contributed by atoms with Gasteiger partial charge in [-0.25, -0.2) is 4.79 Å². The van der Waals surface area contributed by atoms with Crippen molar-refractivity contribution < 1.29 is 33.3 Å². The minimum absolute atomic E-state index is 0.178. The predicted molar refractivity (Wildman–Crippen MR) is 105 cm³/mol. The van der Waals surface area contributed by atoms with Gasteiger partial charge in [0.1, 0.15) is 0 Å². The highest BCUT2D eigenvalue weighted by atomic mass is 16.5. The van der Waals surface area contributed by atoms with Crippen LogP contribution in [0.15, 0.2) is 18.2 Å². The van der Waals surface area contributed by atoms with Gasteiger partial charge in [-0.2, -0.15) is 0 Å². The lowest BCUT2D eigenvalue weighted by molar-refractivity contribution is -0.151. The van der Waals surface area contributed by atoms with Gasteiger partial charge in [0.25, 0.3) is 5.91 Å². The molecule has 0 aromatic heterocycles. The number of ether oxygens (including phenoxy) is 4. The quantitative estimate of drug-likeness (QED) is 0.581. The van der Waals surface area contributed by atoms with E-state index in [2.05, 4.69) is 0 Å². The topological polar surface area (TPSA) is 91.4 Å². The molecular formula is C21H29NO7. The summed E-state index contributed by atoms with van der Waals surface area (Å²) in [6.45, 7) is 7.26. The Kier molecular flexibility index (Phi) is 8.76. The molecule has 2 rings (SSSR count). The molecule has 8 heteroatoms. The maximum absolute atomic E-state index is 12.3. The third kappa shape index (κ3) is 6.37. The van der Waals surface area contributed by atoms with Crippen molar-refractivity contribution in [2.75, 3.05) is 39.5 Å². The monoisotopic (exact) mass is 407 g/mol. The SMILES string of the molecule is CCOC(=O)C1CCN(C(=O)COC(=O)c2ccc(OCC)c(OCC)c2)CC1. The van der Waals surface area contributed by atoms with E-state index in [0.717, 1.165) is 0 Å². The third-order valence-corrected chi connectivity index (χ3v) is 4.57. The van der Waals surface area contributed by atoms with Crippen molar-refractivity contribution in [2.45, 2.75) is 33.6 Å². The number of hydrogen-bond acceptors (Lipinski definition) is 7. The molecule has 0 N–H and O–H groups in total. The first-order chi connectivity index (χ1) is 14.0. The van der Waals surface area contributed by atoms with Gasteiger partial charge in [-0.1, -0.05) is 0 Å². The first-order valence-corrected chi connectivity index (χ1v) is 10.0. The van der Waals surface area contributed by atoms with E-state index < -0.39 is 5.97 Å². The van der Waals surface area contributed by atoms with Crippen molar-refractivity contribution in [3.8, 4) is 11.5 Å². The zero-order valence-electron chi connectivity index (χ0n) is 17.3. The molecule has 0 saturated carbocycles. The number of benzene rings is 1. The second kappa shape index (κ2) is 11.3. The lowest BCUT2D eigenvalue weighted by Crippen LogP contribution is -2.42. The molecule has 1 aliphatic heterocycles. The first kappa shape index (κ1) is 22.5. The molecule has 8 nitrogen and oxygen atoms in total. The minimum atomic E-state index is -0.608. The zero-order chi connectivity index (χ0) is 21.2. The summed E-state index contributed by atoms with van der Waals surface area (Å²) < 4.78 is 21.2. The molecule has 1 aromatic carbocycles. The third-order valence-electron chi connectivity index (χ3n) is 4.57. The number of piperidine rings is 1. The highest BCUT2D eigenvalue weighted by Gasteiger charge is 2.28. The molecule has 1 fully saturated rings. The largest absolute Gasteiger partial charge is 0.490 e. The Balaban J connectivity index is 1.86. The molecular weight excluding hydrogens is 378 g/mol. The van der Waals surface area contributed by atoms with Gasteiger partial charge in [0.15, 0.2) is 18.1 Å². The van der Waals surface area contributed by atoms with E-state index in [-0.39, 0.29) is 30.0 Å². The normalized spacial score (nSPS) is 14.2. The lowest BCUT2D eigenvalue weighted by Gasteiger charge is -2.30. The van der Waals surface area contributed by atoms with Gasteiger partial charge in [0.05, 0.1) is 31.3 Å². The fourth-order valence-electron chi connectivity index (χ4n) is 3.10. The van der Waals surface area contributed by atoms with E-state index in [1.165, 1.54) is 0 Å². The Morgan fingerprint density at radius 1 is 0.931 bits per heavy atom. The van der Waals surface area contributed by atoms with Crippen LogP contribution in [0.5, 0.6) is 11.5 Å². The highest BCUT2D eigenvalue weighted by Crippen LogP contribution is 2.29. The number of rotatable bonds is 9. The van der Waals surface area contributed by atoms with Crippen molar-refractivity contribution in [3.63, 3.8) is 0 Å². The van der Waals surface area contributed by atoms with Gasteiger partial charge in [-0.3, -0.25) is 9.59 Å². The maximum atomic E-state index is 12.3. The van der Waals surface area contributed by atoms with Crippen LogP contribution in [0.2, 0.25) is 0 Å². The van der Waals surface area contributed by atoms with Crippen LogP contribution in [0.4, 0.5) is 0 Å². The van der Waals surface area contributed by atoms with Gasteiger partial charge in [-0.05, 0) is 51.8 Å². The summed E-state index contributed by atoms with van der Waals surface area (Å²) in [5.41, 5.74) is 0.283. The Bertz CT molecular complexity index is 711. The molecule has 0 radical (unpaired) electrons. The lowest BCUT2D eigenvalue weighted by atomic mass is 9.97. The van der Waals surface area contributed by atoms with E-state index in [4.69, 9.17) is 18.9 Å². The molecule has 29 heavy (non-hydrogen) atoms. The molecule has 1 aromatic rings. The fourth-order valence-corrected chi connectivity index (χ4v) is 3.10. The first-order valence-electron chi connectivity index (χ1n) is 10.0. The number of carbonyl (C=O) groups excluding carboxylic acids is 3. The summed E-state index contributed by atoms with van der Waals surface area (Å²) in [4.78, 5) is 38.0. The Hall–Kier alpha value is -2.77. The van der Waals surface area contributed by atoms with Crippen molar-refractivity contribution in [3.05, 3.63) is 23.8 Å².